The van der Waals surface area contributed by atoms with Crippen molar-refractivity contribution in [1.82, 2.24) is 10.6 Å². The molecule has 16 heavy (non-hydrogen) atoms. The largest absolute Gasteiger partial charge is 0.481 e. The topological polar surface area (TPSA) is 78.4 Å². The number of carboxylic acid groups (broad SMARTS) is 1. The quantitative estimate of drug-likeness (QED) is 0.674. The van der Waals surface area contributed by atoms with E-state index < -0.39 is 11.5 Å². The van der Waals surface area contributed by atoms with Gasteiger partial charge in [0.05, 0.1) is 12.0 Å². The number of nitrogens with one attached hydrogen (secondary N) is 2. The molecule has 90 valence electrons. The highest BCUT2D eigenvalue weighted by molar-refractivity contribution is 5.77. The molecule has 2 aliphatic rings. The number of carbonyl (C=O) groups excluding carboxylic acids is 1. The Morgan fingerprint density at radius 3 is 2.38 bits per heavy atom. The molecule has 0 atom stereocenters. The minimum absolute atomic E-state index is 0.0328. The van der Waals surface area contributed by atoms with Gasteiger partial charge in [0, 0.05) is 6.04 Å². The van der Waals surface area contributed by atoms with Crippen LogP contribution in [-0.2, 0) is 4.79 Å². The third-order valence-corrected chi connectivity index (χ3v) is 3.34. The average Bonchev–Trinajstić information content (AvgIpc) is 2.85. The van der Waals surface area contributed by atoms with E-state index in [1.807, 2.05) is 0 Å². The predicted octanol–water partition coefficient (Wildman–Crippen LogP) is 1.24. The van der Waals surface area contributed by atoms with Crippen LogP contribution in [0.1, 0.15) is 44.9 Å². The van der Waals surface area contributed by atoms with E-state index in [1.54, 1.807) is 0 Å². The molecule has 0 radical (unpaired) electrons. The SMILES string of the molecule is O=C(O)CC1(NC(=O)NC2CC2)CCCC1. The third-order valence-electron chi connectivity index (χ3n) is 3.34. The number of carboxylic acids is 1. The minimum Gasteiger partial charge on any atom is -0.481 e. The second kappa shape index (κ2) is 4.31. The van der Waals surface area contributed by atoms with Gasteiger partial charge in [-0.1, -0.05) is 12.8 Å². The monoisotopic (exact) mass is 226 g/mol. The lowest BCUT2D eigenvalue weighted by atomic mass is 9.93. The van der Waals surface area contributed by atoms with Crippen molar-refractivity contribution >= 4 is 12.0 Å². The van der Waals surface area contributed by atoms with Gasteiger partial charge in [-0.15, -0.1) is 0 Å². The van der Waals surface area contributed by atoms with Gasteiger partial charge in [-0.3, -0.25) is 4.79 Å². The van der Waals surface area contributed by atoms with Crippen molar-refractivity contribution < 1.29 is 14.7 Å². The zero-order chi connectivity index (χ0) is 11.6. The zero-order valence-corrected chi connectivity index (χ0v) is 9.29. The van der Waals surface area contributed by atoms with E-state index in [-0.39, 0.29) is 12.5 Å². The average molecular weight is 226 g/mol. The molecule has 2 rings (SSSR count). The van der Waals surface area contributed by atoms with Gasteiger partial charge in [-0.05, 0) is 25.7 Å². The Hall–Kier alpha value is -1.26. The fraction of sp³-hybridized carbons (Fsp3) is 0.818. The van der Waals surface area contributed by atoms with Gasteiger partial charge in [-0.2, -0.15) is 0 Å². The second-order valence-electron chi connectivity index (χ2n) is 4.93. The summed E-state index contributed by atoms with van der Waals surface area (Å²) in [5.41, 5.74) is -0.509. The van der Waals surface area contributed by atoms with Crippen LogP contribution in [0, 0.1) is 0 Å². The van der Waals surface area contributed by atoms with Crippen LogP contribution in [0.2, 0.25) is 0 Å². The van der Waals surface area contributed by atoms with Gasteiger partial charge in [0.2, 0.25) is 0 Å². The van der Waals surface area contributed by atoms with Crippen molar-refractivity contribution in [2.45, 2.75) is 56.5 Å². The van der Waals surface area contributed by atoms with Crippen molar-refractivity contribution in [2.24, 2.45) is 0 Å². The van der Waals surface area contributed by atoms with Gasteiger partial charge in [-0.25, -0.2) is 4.79 Å². The summed E-state index contributed by atoms with van der Waals surface area (Å²) in [6.07, 6.45) is 5.66. The summed E-state index contributed by atoms with van der Waals surface area (Å²) < 4.78 is 0. The van der Waals surface area contributed by atoms with E-state index in [0.717, 1.165) is 38.5 Å². The van der Waals surface area contributed by atoms with Crippen molar-refractivity contribution in [3.63, 3.8) is 0 Å². The van der Waals surface area contributed by atoms with Crippen LogP contribution in [0.5, 0.6) is 0 Å². The summed E-state index contributed by atoms with van der Waals surface area (Å²) >= 11 is 0. The standard InChI is InChI=1S/C11H18N2O3/c14-9(15)7-11(5-1-2-6-11)13-10(16)12-8-3-4-8/h8H,1-7H2,(H,14,15)(H2,12,13,16). The van der Waals surface area contributed by atoms with E-state index in [9.17, 15) is 9.59 Å². The highest BCUT2D eigenvalue weighted by Gasteiger charge is 2.38. The van der Waals surface area contributed by atoms with Crippen molar-refractivity contribution in [3.8, 4) is 0 Å². The maximum atomic E-state index is 11.6. The first-order chi connectivity index (χ1) is 7.60. The van der Waals surface area contributed by atoms with Crippen molar-refractivity contribution in [3.05, 3.63) is 0 Å². The smallest absolute Gasteiger partial charge is 0.315 e. The van der Waals surface area contributed by atoms with Gasteiger partial charge in [0.25, 0.3) is 0 Å². The van der Waals surface area contributed by atoms with Crippen LogP contribution < -0.4 is 10.6 Å². The molecule has 5 nitrogen and oxygen atoms in total. The molecule has 0 heterocycles. The lowest BCUT2D eigenvalue weighted by Gasteiger charge is -2.28. The molecular formula is C11H18N2O3. The summed E-state index contributed by atoms with van der Waals surface area (Å²) in [6, 6.07) is 0.105. The van der Waals surface area contributed by atoms with Gasteiger partial charge >= 0.3 is 12.0 Å². The zero-order valence-electron chi connectivity index (χ0n) is 9.29. The van der Waals surface area contributed by atoms with Crippen LogP contribution in [0.25, 0.3) is 0 Å². The molecule has 2 aliphatic carbocycles. The van der Waals surface area contributed by atoms with Crippen LogP contribution in [0.3, 0.4) is 0 Å². The third kappa shape index (κ3) is 2.87. The molecular weight excluding hydrogens is 208 g/mol. The summed E-state index contributed by atoms with van der Waals surface area (Å²) in [5.74, 6) is -0.839. The molecule has 0 saturated heterocycles. The van der Waals surface area contributed by atoms with Crippen LogP contribution in [-0.4, -0.2) is 28.7 Å². The number of urea groups is 1. The first-order valence-corrected chi connectivity index (χ1v) is 5.90. The molecule has 0 bridgehead atoms. The molecule has 2 fully saturated rings. The van der Waals surface area contributed by atoms with E-state index in [0.29, 0.717) is 6.04 Å². The summed E-state index contributed by atoms with van der Waals surface area (Å²) in [6.45, 7) is 0. The Labute approximate surface area is 94.6 Å². The van der Waals surface area contributed by atoms with Gasteiger partial charge in [0.1, 0.15) is 0 Å². The lowest BCUT2D eigenvalue weighted by Crippen LogP contribution is -2.52. The number of hydrogen-bond donors (Lipinski definition) is 3. The normalized spacial score (nSPS) is 22.8. The van der Waals surface area contributed by atoms with E-state index in [1.165, 1.54) is 0 Å². The Morgan fingerprint density at radius 2 is 1.88 bits per heavy atom. The van der Waals surface area contributed by atoms with E-state index in [4.69, 9.17) is 5.11 Å². The molecule has 0 aliphatic heterocycles. The van der Waals surface area contributed by atoms with Crippen LogP contribution in [0.15, 0.2) is 0 Å². The summed E-state index contributed by atoms with van der Waals surface area (Å²) in [7, 11) is 0. The number of aliphatic carboxylic acids is 1. The molecule has 0 aromatic heterocycles. The minimum atomic E-state index is -0.839. The maximum Gasteiger partial charge on any atom is 0.315 e. The number of carbonyl (C=O) groups is 2. The van der Waals surface area contributed by atoms with E-state index in [2.05, 4.69) is 10.6 Å². The first-order valence-electron chi connectivity index (χ1n) is 5.90. The highest BCUT2D eigenvalue weighted by Crippen LogP contribution is 2.32. The van der Waals surface area contributed by atoms with Gasteiger partial charge < -0.3 is 15.7 Å². The molecule has 0 aromatic rings. The molecule has 0 aromatic carbocycles. The number of hydrogen-bond acceptors (Lipinski definition) is 2. The van der Waals surface area contributed by atoms with Crippen LogP contribution in [0.4, 0.5) is 4.79 Å². The van der Waals surface area contributed by atoms with Gasteiger partial charge in [0.15, 0.2) is 0 Å². The summed E-state index contributed by atoms with van der Waals surface area (Å²) in [5, 5.41) is 14.6. The Balaban J connectivity index is 1.90. The molecule has 5 heteroatoms. The lowest BCUT2D eigenvalue weighted by molar-refractivity contribution is -0.138. The first kappa shape index (κ1) is 11.2. The summed E-state index contributed by atoms with van der Waals surface area (Å²) in [4.78, 5) is 22.4. The molecule has 0 unspecified atom stereocenters. The van der Waals surface area contributed by atoms with Crippen LogP contribution >= 0.6 is 0 Å². The molecule has 2 amide bonds. The van der Waals surface area contributed by atoms with Crippen molar-refractivity contribution in [2.75, 3.05) is 0 Å². The Bertz CT molecular complexity index is 294. The number of rotatable bonds is 4. The predicted molar refractivity (Wildman–Crippen MR) is 58.1 cm³/mol. The maximum absolute atomic E-state index is 11.6. The second-order valence-corrected chi connectivity index (χ2v) is 4.93. The highest BCUT2D eigenvalue weighted by atomic mass is 16.4. The molecule has 0 spiro atoms. The molecule has 3 N–H and O–H groups in total. The molecule has 2 saturated carbocycles. The van der Waals surface area contributed by atoms with Crippen molar-refractivity contribution in [1.29, 1.82) is 0 Å². The fourth-order valence-corrected chi connectivity index (χ4v) is 2.38. The Morgan fingerprint density at radius 1 is 1.25 bits per heavy atom. The number of amides is 2. The fourth-order valence-electron chi connectivity index (χ4n) is 2.38. The Kier molecular flexibility index (Phi) is 3.03. The van der Waals surface area contributed by atoms with E-state index >= 15 is 0 Å².